The number of carbonyl (C=O) groups excluding carboxylic acids is 1. The molecule has 0 spiro atoms. The van der Waals surface area contributed by atoms with Crippen molar-refractivity contribution in [2.75, 3.05) is 13.1 Å². The molecule has 1 N–H and O–H groups in total. The number of halogens is 1. The van der Waals surface area contributed by atoms with E-state index in [4.69, 9.17) is 0 Å². The zero-order valence-electron chi connectivity index (χ0n) is 10.1. The van der Waals surface area contributed by atoms with Crippen molar-refractivity contribution in [3.05, 3.63) is 34.3 Å². The molecular weight excluding hydrogens is 280 g/mol. The minimum Gasteiger partial charge on any atom is -0.333 e. The zero-order valence-corrected chi connectivity index (χ0v) is 11.7. The summed E-state index contributed by atoms with van der Waals surface area (Å²) >= 11 is 3.40. The molecule has 1 amide bonds. The fraction of sp³-hybridized carbons (Fsp3) is 0.462. The second kappa shape index (κ2) is 5.19. The van der Waals surface area contributed by atoms with Gasteiger partial charge in [-0.3, -0.25) is 4.79 Å². The Morgan fingerprint density at radius 3 is 2.94 bits per heavy atom. The number of rotatable bonds is 1. The van der Waals surface area contributed by atoms with Crippen LogP contribution in [-0.2, 0) is 0 Å². The summed E-state index contributed by atoms with van der Waals surface area (Å²) in [6.07, 6.45) is 0. The van der Waals surface area contributed by atoms with Crippen LogP contribution in [0, 0.1) is 0 Å². The van der Waals surface area contributed by atoms with Crippen LogP contribution in [-0.4, -0.2) is 36.0 Å². The number of piperazine rings is 1. The van der Waals surface area contributed by atoms with Crippen molar-refractivity contribution in [2.45, 2.75) is 25.9 Å². The first-order chi connectivity index (χ1) is 8.08. The van der Waals surface area contributed by atoms with E-state index in [9.17, 15) is 4.79 Å². The normalized spacial score (nSPS) is 24.8. The molecule has 0 saturated carbocycles. The molecule has 1 aromatic rings. The SMILES string of the molecule is CC1CN(C(=O)c2cccc(Br)c2)C(C)CN1. The van der Waals surface area contributed by atoms with E-state index in [-0.39, 0.29) is 11.9 Å². The van der Waals surface area contributed by atoms with Crippen molar-refractivity contribution in [1.29, 1.82) is 0 Å². The third-order valence-electron chi connectivity index (χ3n) is 3.10. The summed E-state index contributed by atoms with van der Waals surface area (Å²) in [6.45, 7) is 5.81. The lowest BCUT2D eigenvalue weighted by atomic mass is 10.1. The summed E-state index contributed by atoms with van der Waals surface area (Å²) in [5, 5.41) is 3.38. The fourth-order valence-electron chi connectivity index (χ4n) is 2.09. The van der Waals surface area contributed by atoms with Crippen LogP contribution in [0.3, 0.4) is 0 Å². The van der Waals surface area contributed by atoms with E-state index < -0.39 is 0 Å². The highest BCUT2D eigenvalue weighted by atomic mass is 79.9. The molecule has 2 atom stereocenters. The Kier molecular flexibility index (Phi) is 3.84. The first-order valence-corrected chi connectivity index (χ1v) is 6.67. The predicted molar refractivity (Wildman–Crippen MR) is 72.1 cm³/mol. The summed E-state index contributed by atoms with van der Waals surface area (Å²) in [6, 6.07) is 8.18. The number of nitrogens with zero attached hydrogens (tertiary/aromatic N) is 1. The average molecular weight is 297 g/mol. The van der Waals surface area contributed by atoms with Crippen molar-refractivity contribution in [3.8, 4) is 0 Å². The predicted octanol–water partition coefficient (Wildman–Crippen LogP) is 2.27. The fourth-order valence-corrected chi connectivity index (χ4v) is 2.49. The maximum Gasteiger partial charge on any atom is 0.254 e. The number of nitrogens with one attached hydrogen (secondary N) is 1. The van der Waals surface area contributed by atoms with Gasteiger partial charge in [-0.15, -0.1) is 0 Å². The molecule has 1 aromatic carbocycles. The van der Waals surface area contributed by atoms with E-state index in [1.54, 1.807) is 0 Å². The van der Waals surface area contributed by atoms with E-state index in [0.29, 0.717) is 6.04 Å². The first kappa shape index (κ1) is 12.6. The molecule has 0 aromatic heterocycles. The molecular formula is C13H17BrN2O. The summed E-state index contributed by atoms with van der Waals surface area (Å²) in [5.41, 5.74) is 0.750. The van der Waals surface area contributed by atoms with Gasteiger partial charge in [-0.05, 0) is 32.0 Å². The lowest BCUT2D eigenvalue weighted by Crippen LogP contribution is -2.56. The number of amides is 1. The molecule has 4 heteroatoms. The highest BCUT2D eigenvalue weighted by Gasteiger charge is 2.27. The summed E-state index contributed by atoms with van der Waals surface area (Å²) < 4.78 is 0.944. The number of hydrogen-bond donors (Lipinski definition) is 1. The van der Waals surface area contributed by atoms with Crippen molar-refractivity contribution in [1.82, 2.24) is 10.2 Å². The maximum absolute atomic E-state index is 12.4. The molecule has 1 heterocycles. The Balaban J connectivity index is 2.18. The smallest absolute Gasteiger partial charge is 0.254 e. The lowest BCUT2D eigenvalue weighted by molar-refractivity contribution is 0.0616. The Labute approximate surface area is 110 Å². The van der Waals surface area contributed by atoms with Crippen LogP contribution in [0.2, 0.25) is 0 Å². The van der Waals surface area contributed by atoms with Gasteiger partial charge in [0.2, 0.25) is 0 Å². The molecule has 1 aliphatic heterocycles. The van der Waals surface area contributed by atoms with Crippen LogP contribution < -0.4 is 5.32 Å². The number of hydrogen-bond acceptors (Lipinski definition) is 2. The van der Waals surface area contributed by atoms with Gasteiger partial charge in [0, 0.05) is 35.2 Å². The molecule has 92 valence electrons. The Hall–Kier alpha value is -0.870. The van der Waals surface area contributed by atoms with Gasteiger partial charge < -0.3 is 10.2 Å². The van der Waals surface area contributed by atoms with Gasteiger partial charge in [-0.1, -0.05) is 22.0 Å². The van der Waals surface area contributed by atoms with Crippen LogP contribution in [0.15, 0.2) is 28.7 Å². The topological polar surface area (TPSA) is 32.3 Å². The Morgan fingerprint density at radius 1 is 1.47 bits per heavy atom. The molecule has 3 nitrogen and oxygen atoms in total. The molecule has 1 aliphatic rings. The highest BCUT2D eigenvalue weighted by Crippen LogP contribution is 2.16. The van der Waals surface area contributed by atoms with E-state index in [1.165, 1.54) is 0 Å². The van der Waals surface area contributed by atoms with Gasteiger partial charge in [0.15, 0.2) is 0 Å². The van der Waals surface area contributed by atoms with Crippen molar-refractivity contribution >= 4 is 21.8 Å². The van der Waals surface area contributed by atoms with E-state index in [2.05, 4.69) is 35.1 Å². The second-order valence-corrected chi connectivity index (χ2v) is 5.54. The van der Waals surface area contributed by atoms with E-state index in [1.807, 2.05) is 29.2 Å². The molecule has 1 fully saturated rings. The minimum absolute atomic E-state index is 0.118. The molecule has 1 saturated heterocycles. The van der Waals surface area contributed by atoms with Crippen molar-refractivity contribution < 1.29 is 4.79 Å². The van der Waals surface area contributed by atoms with Gasteiger partial charge in [0.25, 0.3) is 5.91 Å². The molecule has 0 aliphatic carbocycles. The van der Waals surface area contributed by atoms with Crippen LogP contribution in [0.5, 0.6) is 0 Å². The standard InChI is InChI=1S/C13H17BrN2O/c1-9-8-16(10(2)7-15-9)13(17)11-4-3-5-12(14)6-11/h3-6,9-10,15H,7-8H2,1-2H3. The first-order valence-electron chi connectivity index (χ1n) is 5.88. The van der Waals surface area contributed by atoms with Crippen LogP contribution in [0.4, 0.5) is 0 Å². The monoisotopic (exact) mass is 296 g/mol. The van der Waals surface area contributed by atoms with E-state index in [0.717, 1.165) is 23.1 Å². The van der Waals surface area contributed by atoms with Crippen LogP contribution in [0.25, 0.3) is 0 Å². The van der Waals surface area contributed by atoms with Gasteiger partial charge >= 0.3 is 0 Å². The minimum atomic E-state index is 0.118. The molecule has 2 rings (SSSR count). The largest absolute Gasteiger partial charge is 0.333 e. The van der Waals surface area contributed by atoms with Gasteiger partial charge in [-0.2, -0.15) is 0 Å². The number of benzene rings is 1. The summed E-state index contributed by atoms with van der Waals surface area (Å²) in [4.78, 5) is 14.3. The molecule has 0 bridgehead atoms. The number of carbonyl (C=O) groups is 1. The molecule has 0 radical (unpaired) electrons. The second-order valence-electron chi connectivity index (χ2n) is 4.63. The maximum atomic E-state index is 12.4. The highest BCUT2D eigenvalue weighted by molar-refractivity contribution is 9.10. The summed E-state index contributed by atoms with van der Waals surface area (Å²) in [5.74, 6) is 0.118. The third kappa shape index (κ3) is 2.87. The van der Waals surface area contributed by atoms with Crippen LogP contribution in [0.1, 0.15) is 24.2 Å². The quantitative estimate of drug-likeness (QED) is 0.862. The summed E-state index contributed by atoms with van der Waals surface area (Å²) in [7, 11) is 0. The van der Waals surface area contributed by atoms with Crippen molar-refractivity contribution in [3.63, 3.8) is 0 Å². The molecule has 2 unspecified atom stereocenters. The molecule has 17 heavy (non-hydrogen) atoms. The van der Waals surface area contributed by atoms with Gasteiger partial charge in [0.1, 0.15) is 0 Å². The Bertz CT molecular complexity index is 422. The van der Waals surface area contributed by atoms with Gasteiger partial charge in [0.05, 0.1) is 0 Å². The lowest BCUT2D eigenvalue weighted by Gasteiger charge is -2.37. The average Bonchev–Trinajstić information content (AvgIpc) is 2.31. The van der Waals surface area contributed by atoms with Crippen LogP contribution >= 0.6 is 15.9 Å². The third-order valence-corrected chi connectivity index (χ3v) is 3.59. The van der Waals surface area contributed by atoms with E-state index >= 15 is 0 Å². The van der Waals surface area contributed by atoms with Crippen molar-refractivity contribution in [2.24, 2.45) is 0 Å². The Morgan fingerprint density at radius 2 is 2.24 bits per heavy atom. The zero-order chi connectivity index (χ0) is 12.4. The van der Waals surface area contributed by atoms with Gasteiger partial charge in [-0.25, -0.2) is 0 Å².